The van der Waals surface area contributed by atoms with Crippen molar-refractivity contribution in [1.29, 1.82) is 0 Å². The van der Waals surface area contributed by atoms with Crippen molar-refractivity contribution in [2.24, 2.45) is 0 Å². The first kappa shape index (κ1) is 19.5. The molecule has 29 heavy (non-hydrogen) atoms. The Balaban J connectivity index is 1.34. The monoisotopic (exact) mass is 406 g/mol. The number of benzene rings is 2. The number of thioether (sulfide) groups is 1. The maximum atomic E-state index is 12.4. The van der Waals surface area contributed by atoms with Gasteiger partial charge in [-0.05, 0) is 55.3 Å². The molecule has 2 aromatic carbocycles. The van der Waals surface area contributed by atoms with E-state index in [1.54, 1.807) is 43.1 Å². The summed E-state index contributed by atoms with van der Waals surface area (Å²) in [5.41, 5.74) is 3.07. The molecule has 0 fully saturated rings. The van der Waals surface area contributed by atoms with Gasteiger partial charge in [0, 0.05) is 11.9 Å². The minimum atomic E-state index is -0.183. The van der Waals surface area contributed by atoms with E-state index in [9.17, 15) is 9.59 Å². The summed E-state index contributed by atoms with van der Waals surface area (Å²) in [6.45, 7) is 2.53. The van der Waals surface area contributed by atoms with E-state index in [0.717, 1.165) is 40.3 Å². The molecule has 3 aromatic rings. The van der Waals surface area contributed by atoms with Gasteiger partial charge in [-0.25, -0.2) is 4.98 Å². The van der Waals surface area contributed by atoms with Gasteiger partial charge in [-0.15, -0.1) is 11.8 Å². The summed E-state index contributed by atoms with van der Waals surface area (Å²) in [4.78, 5) is 30.9. The summed E-state index contributed by atoms with van der Waals surface area (Å²) in [6.07, 6.45) is 1.66. The molecule has 2 amide bonds. The molecular formula is C23H22N2O3S. The van der Waals surface area contributed by atoms with Crippen LogP contribution < -0.4 is 4.74 Å². The molecule has 1 aliphatic rings. The van der Waals surface area contributed by atoms with Gasteiger partial charge >= 0.3 is 0 Å². The molecule has 0 radical (unpaired) electrons. The lowest BCUT2D eigenvalue weighted by atomic mass is 10.1. The van der Waals surface area contributed by atoms with E-state index in [2.05, 4.69) is 19.1 Å². The van der Waals surface area contributed by atoms with Crippen molar-refractivity contribution in [3.8, 4) is 5.75 Å². The number of carbonyl (C=O) groups excluding carboxylic acids is 2. The molecule has 2 heterocycles. The van der Waals surface area contributed by atoms with E-state index < -0.39 is 0 Å². The number of methoxy groups -OCH3 is 1. The van der Waals surface area contributed by atoms with E-state index in [1.165, 1.54) is 10.5 Å². The van der Waals surface area contributed by atoms with Crippen molar-refractivity contribution >= 4 is 34.5 Å². The van der Waals surface area contributed by atoms with Gasteiger partial charge in [0.2, 0.25) is 0 Å². The third-order valence-electron chi connectivity index (χ3n) is 5.11. The Morgan fingerprint density at radius 3 is 2.41 bits per heavy atom. The van der Waals surface area contributed by atoms with Gasteiger partial charge in [-0.3, -0.25) is 14.5 Å². The van der Waals surface area contributed by atoms with Crippen LogP contribution in [0, 0.1) is 6.92 Å². The van der Waals surface area contributed by atoms with Gasteiger partial charge in [-0.2, -0.15) is 0 Å². The third-order valence-corrected chi connectivity index (χ3v) is 6.11. The Bertz CT molecular complexity index is 1060. The van der Waals surface area contributed by atoms with Crippen molar-refractivity contribution < 1.29 is 14.3 Å². The van der Waals surface area contributed by atoms with Gasteiger partial charge < -0.3 is 4.74 Å². The highest BCUT2D eigenvalue weighted by atomic mass is 32.2. The van der Waals surface area contributed by atoms with Crippen LogP contribution in [0.15, 0.2) is 53.6 Å². The molecule has 0 aliphatic carbocycles. The lowest BCUT2D eigenvalue weighted by Crippen LogP contribution is -2.30. The normalized spacial score (nSPS) is 13.2. The average molecular weight is 407 g/mol. The van der Waals surface area contributed by atoms with Crippen molar-refractivity contribution in [3.63, 3.8) is 0 Å². The fraction of sp³-hybridized carbons (Fsp3) is 0.261. The molecule has 0 bridgehead atoms. The SMILES string of the molecule is COc1cccc2c(C)cc(SCCCCN3C(=O)c4ccccc4C3=O)nc12. The smallest absolute Gasteiger partial charge is 0.261 e. The molecule has 1 aliphatic heterocycles. The van der Waals surface area contributed by atoms with E-state index in [-0.39, 0.29) is 11.8 Å². The van der Waals surface area contributed by atoms with Gasteiger partial charge in [0.25, 0.3) is 11.8 Å². The fourth-order valence-corrected chi connectivity index (χ4v) is 4.56. The van der Waals surface area contributed by atoms with Crippen LogP contribution in [-0.2, 0) is 0 Å². The summed E-state index contributed by atoms with van der Waals surface area (Å²) in [6, 6.07) is 15.1. The molecule has 5 nitrogen and oxygen atoms in total. The van der Waals surface area contributed by atoms with E-state index >= 15 is 0 Å². The molecule has 0 atom stereocenters. The Morgan fingerprint density at radius 2 is 1.72 bits per heavy atom. The maximum absolute atomic E-state index is 12.4. The van der Waals surface area contributed by atoms with Crippen LogP contribution in [0.25, 0.3) is 10.9 Å². The van der Waals surface area contributed by atoms with Crippen LogP contribution in [-0.4, -0.2) is 41.1 Å². The number of ether oxygens (including phenoxy) is 1. The second-order valence-electron chi connectivity index (χ2n) is 7.00. The van der Waals surface area contributed by atoms with Crippen molar-refractivity contribution in [1.82, 2.24) is 9.88 Å². The number of nitrogens with zero attached hydrogens (tertiary/aromatic N) is 2. The molecule has 6 heteroatoms. The molecule has 0 spiro atoms. The zero-order chi connectivity index (χ0) is 20.4. The number of rotatable bonds is 7. The molecule has 0 unspecified atom stereocenters. The van der Waals surface area contributed by atoms with Gasteiger partial charge in [-0.1, -0.05) is 24.3 Å². The highest BCUT2D eigenvalue weighted by molar-refractivity contribution is 7.99. The van der Waals surface area contributed by atoms with Crippen LogP contribution >= 0.6 is 11.8 Å². The Morgan fingerprint density at radius 1 is 1.00 bits per heavy atom. The highest BCUT2D eigenvalue weighted by Crippen LogP contribution is 2.30. The van der Waals surface area contributed by atoms with Crippen molar-refractivity contribution in [3.05, 3.63) is 65.2 Å². The van der Waals surface area contributed by atoms with Crippen LogP contribution in [0.4, 0.5) is 0 Å². The lowest BCUT2D eigenvalue weighted by molar-refractivity contribution is 0.0652. The number of aryl methyl sites for hydroxylation is 1. The molecule has 0 saturated heterocycles. The zero-order valence-electron chi connectivity index (χ0n) is 16.5. The molecule has 1 aromatic heterocycles. The molecule has 0 saturated carbocycles. The maximum Gasteiger partial charge on any atom is 0.261 e. The number of hydrogen-bond acceptors (Lipinski definition) is 5. The first-order chi connectivity index (χ1) is 14.1. The number of para-hydroxylation sites is 1. The number of hydrogen-bond donors (Lipinski definition) is 0. The Labute approximate surface area is 174 Å². The summed E-state index contributed by atoms with van der Waals surface area (Å²) in [5.74, 6) is 1.28. The summed E-state index contributed by atoms with van der Waals surface area (Å²) in [5, 5.41) is 2.06. The minimum absolute atomic E-state index is 0.183. The van der Waals surface area contributed by atoms with Crippen LogP contribution in [0.5, 0.6) is 5.75 Å². The average Bonchev–Trinajstić information content (AvgIpc) is 2.98. The van der Waals surface area contributed by atoms with Crippen LogP contribution in [0.3, 0.4) is 0 Å². The van der Waals surface area contributed by atoms with Gasteiger partial charge in [0.1, 0.15) is 11.3 Å². The van der Waals surface area contributed by atoms with E-state index in [0.29, 0.717) is 17.7 Å². The topological polar surface area (TPSA) is 59.5 Å². The second-order valence-corrected chi connectivity index (χ2v) is 8.11. The van der Waals surface area contributed by atoms with Crippen molar-refractivity contribution in [2.75, 3.05) is 19.4 Å². The van der Waals surface area contributed by atoms with Gasteiger partial charge in [0.15, 0.2) is 0 Å². The number of imide groups is 1. The second kappa shape index (κ2) is 8.25. The number of unbranched alkanes of at least 4 members (excludes halogenated alkanes) is 1. The van der Waals surface area contributed by atoms with E-state index in [4.69, 9.17) is 9.72 Å². The Hall–Kier alpha value is -2.86. The zero-order valence-corrected chi connectivity index (χ0v) is 17.3. The molecular weight excluding hydrogens is 384 g/mol. The lowest BCUT2D eigenvalue weighted by Gasteiger charge is -2.13. The van der Waals surface area contributed by atoms with Crippen LogP contribution in [0.2, 0.25) is 0 Å². The summed E-state index contributed by atoms with van der Waals surface area (Å²) >= 11 is 1.69. The minimum Gasteiger partial charge on any atom is -0.494 e. The third kappa shape index (κ3) is 3.72. The number of aromatic nitrogens is 1. The number of pyridine rings is 1. The fourth-order valence-electron chi connectivity index (χ4n) is 3.59. The Kier molecular flexibility index (Phi) is 5.53. The molecule has 4 rings (SSSR count). The highest BCUT2D eigenvalue weighted by Gasteiger charge is 2.34. The largest absolute Gasteiger partial charge is 0.494 e. The predicted molar refractivity (Wildman–Crippen MR) is 115 cm³/mol. The first-order valence-corrected chi connectivity index (χ1v) is 10.6. The number of fused-ring (bicyclic) bond motifs is 2. The summed E-state index contributed by atoms with van der Waals surface area (Å²) in [7, 11) is 1.66. The molecule has 148 valence electrons. The van der Waals surface area contributed by atoms with E-state index in [1.807, 2.05) is 12.1 Å². The quantitative estimate of drug-likeness (QED) is 0.323. The summed E-state index contributed by atoms with van der Waals surface area (Å²) < 4.78 is 5.44. The van der Waals surface area contributed by atoms with Gasteiger partial charge in [0.05, 0.1) is 23.3 Å². The number of amides is 2. The number of carbonyl (C=O) groups is 2. The molecule has 0 N–H and O–H groups in total. The van der Waals surface area contributed by atoms with Crippen molar-refractivity contribution in [2.45, 2.75) is 24.8 Å². The van der Waals surface area contributed by atoms with Crippen LogP contribution in [0.1, 0.15) is 39.1 Å². The standard InChI is InChI=1S/C23H22N2O3S/c1-15-14-20(24-21-16(15)10-7-11-19(21)28-2)29-13-6-5-12-25-22(26)17-8-3-4-9-18(17)23(25)27/h3-4,7-11,14H,5-6,12-13H2,1-2H3. The predicted octanol–water partition coefficient (Wildman–Crippen LogP) is 4.72. The first-order valence-electron chi connectivity index (χ1n) is 9.62.